The number of carbonyl (C=O) groups excluding carboxylic acids is 1. The van der Waals surface area contributed by atoms with Crippen LogP contribution >= 0.6 is 0 Å². The normalized spacial score (nSPS) is 12.4. The Morgan fingerprint density at radius 1 is 1.19 bits per heavy atom. The van der Waals surface area contributed by atoms with Gasteiger partial charge in [-0.25, -0.2) is 9.18 Å². The molecule has 0 saturated carbocycles. The number of carbonyl (C=O) groups is 1. The van der Waals surface area contributed by atoms with Gasteiger partial charge in [-0.2, -0.15) is 0 Å². The molecule has 2 N–H and O–H groups in total. The number of rotatable bonds is 7. The summed E-state index contributed by atoms with van der Waals surface area (Å²) in [4.78, 5) is 12.0. The zero-order chi connectivity index (χ0) is 20.2. The van der Waals surface area contributed by atoms with Crippen molar-refractivity contribution in [2.24, 2.45) is 5.73 Å². The van der Waals surface area contributed by atoms with E-state index in [2.05, 4.69) is 0 Å². The summed E-state index contributed by atoms with van der Waals surface area (Å²) in [6, 6.07) is 9.25. The number of halogens is 1. The summed E-state index contributed by atoms with van der Waals surface area (Å²) in [7, 11) is 0. The summed E-state index contributed by atoms with van der Waals surface area (Å²) < 4.78 is 30.4. The third-order valence-electron chi connectivity index (χ3n) is 3.93. The quantitative estimate of drug-likeness (QED) is 0.712. The van der Waals surface area contributed by atoms with Crippen molar-refractivity contribution in [3.8, 4) is 17.2 Å². The predicted molar refractivity (Wildman–Crippen MR) is 102 cm³/mol. The van der Waals surface area contributed by atoms with Crippen molar-refractivity contribution in [1.29, 1.82) is 0 Å². The third kappa shape index (κ3) is 5.44. The number of nitrogens with two attached hydrogens (primary N) is 1. The maximum absolute atomic E-state index is 13.8. The first-order chi connectivity index (χ1) is 12.6. The van der Waals surface area contributed by atoms with Crippen LogP contribution < -0.4 is 15.2 Å². The van der Waals surface area contributed by atoms with Crippen molar-refractivity contribution >= 4 is 5.97 Å². The van der Waals surface area contributed by atoms with E-state index in [9.17, 15) is 9.18 Å². The van der Waals surface area contributed by atoms with E-state index in [0.29, 0.717) is 22.8 Å². The van der Waals surface area contributed by atoms with Crippen molar-refractivity contribution < 1.29 is 23.4 Å². The van der Waals surface area contributed by atoms with Crippen LogP contribution in [0.4, 0.5) is 4.39 Å². The molecule has 2 aromatic rings. The van der Waals surface area contributed by atoms with Crippen LogP contribution in [-0.2, 0) is 9.53 Å². The van der Waals surface area contributed by atoms with Crippen LogP contribution in [0.3, 0.4) is 0 Å². The molecule has 0 saturated heterocycles. The van der Waals surface area contributed by atoms with E-state index in [-0.39, 0.29) is 12.6 Å². The smallest absolute Gasteiger partial charge is 0.349 e. The van der Waals surface area contributed by atoms with E-state index >= 15 is 0 Å². The van der Waals surface area contributed by atoms with Gasteiger partial charge in [-0.05, 0) is 76.1 Å². The summed E-state index contributed by atoms with van der Waals surface area (Å²) in [6.45, 7) is 8.94. The summed E-state index contributed by atoms with van der Waals surface area (Å²) in [6.07, 6.45) is 0. The Labute approximate surface area is 159 Å². The molecule has 0 spiro atoms. The van der Waals surface area contributed by atoms with Gasteiger partial charge in [-0.15, -0.1) is 0 Å². The summed E-state index contributed by atoms with van der Waals surface area (Å²) >= 11 is 0. The van der Waals surface area contributed by atoms with Crippen molar-refractivity contribution in [2.75, 3.05) is 6.61 Å². The van der Waals surface area contributed by atoms with Gasteiger partial charge in [0.05, 0.1) is 6.61 Å². The third-order valence-corrected chi connectivity index (χ3v) is 3.93. The second kappa shape index (κ2) is 8.39. The van der Waals surface area contributed by atoms with Crippen LogP contribution in [0.25, 0.3) is 0 Å². The number of ether oxygens (including phenoxy) is 3. The lowest BCUT2D eigenvalue weighted by atomic mass is 10.1. The van der Waals surface area contributed by atoms with E-state index in [1.54, 1.807) is 52.0 Å². The van der Waals surface area contributed by atoms with E-state index < -0.39 is 17.4 Å². The lowest BCUT2D eigenvalue weighted by Crippen LogP contribution is -2.39. The Hall–Kier alpha value is -2.60. The average Bonchev–Trinajstić information content (AvgIpc) is 2.57. The van der Waals surface area contributed by atoms with Gasteiger partial charge in [0.1, 0.15) is 23.1 Å². The number of hydrogen-bond donors (Lipinski definition) is 1. The first kappa shape index (κ1) is 20.7. The van der Waals surface area contributed by atoms with E-state index in [0.717, 1.165) is 5.56 Å². The number of aryl methyl sites for hydroxylation is 1. The average molecular weight is 375 g/mol. The zero-order valence-electron chi connectivity index (χ0n) is 16.3. The predicted octanol–water partition coefficient (Wildman–Crippen LogP) is 4.67. The summed E-state index contributed by atoms with van der Waals surface area (Å²) in [5, 5.41) is 0. The highest BCUT2D eigenvalue weighted by Crippen LogP contribution is 2.31. The molecule has 2 aromatic carbocycles. The molecule has 2 rings (SSSR count). The van der Waals surface area contributed by atoms with E-state index in [4.69, 9.17) is 19.9 Å². The Balaban J connectivity index is 2.19. The van der Waals surface area contributed by atoms with Crippen LogP contribution in [-0.4, -0.2) is 18.2 Å². The number of esters is 1. The molecule has 0 amide bonds. The van der Waals surface area contributed by atoms with Crippen LogP contribution in [0.5, 0.6) is 17.2 Å². The molecule has 0 bridgehead atoms. The Bertz CT molecular complexity index is 818. The Kier molecular flexibility index (Phi) is 6.44. The molecule has 1 atom stereocenters. The molecule has 0 aliphatic heterocycles. The highest BCUT2D eigenvalue weighted by atomic mass is 19.1. The monoisotopic (exact) mass is 375 g/mol. The van der Waals surface area contributed by atoms with Crippen molar-refractivity contribution in [2.45, 2.75) is 46.3 Å². The molecule has 0 aliphatic rings. The molecule has 0 radical (unpaired) electrons. The van der Waals surface area contributed by atoms with Gasteiger partial charge >= 0.3 is 5.97 Å². The minimum absolute atomic E-state index is 0.286. The molecule has 146 valence electrons. The summed E-state index contributed by atoms with van der Waals surface area (Å²) in [5.41, 5.74) is 6.13. The maximum Gasteiger partial charge on any atom is 0.349 e. The van der Waals surface area contributed by atoms with Gasteiger partial charge < -0.3 is 19.9 Å². The molecule has 5 nitrogen and oxygen atoms in total. The van der Waals surface area contributed by atoms with Crippen molar-refractivity contribution in [3.05, 3.63) is 53.3 Å². The summed E-state index contributed by atoms with van der Waals surface area (Å²) in [5.74, 6) is 0.578. The molecule has 0 aromatic heterocycles. The van der Waals surface area contributed by atoms with Crippen LogP contribution in [0.2, 0.25) is 0 Å². The number of benzene rings is 2. The van der Waals surface area contributed by atoms with Gasteiger partial charge in [0, 0.05) is 12.1 Å². The molecular formula is C21H26FNO4. The van der Waals surface area contributed by atoms with Crippen molar-refractivity contribution in [3.63, 3.8) is 0 Å². The Morgan fingerprint density at radius 3 is 2.48 bits per heavy atom. The van der Waals surface area contributed by atoms with Crippen LogP contribution in [0.15, 0.2) is 36.4 Å². The van der Waals surface area contributed by atoms with E-state index in [1.165, 1.54) is 12.1 Å². The fourth-order valence-electron chi connectivity index (χ4n) is 2.46. The highest BCUT2D eigenvalue weighted by Gasteiger charge is 2.32. The molecule has 6 heteroatoms. The topological polar surface area (TPSA) is 70.8 Å². The molecule has 0 heterocycles. The zero-order valence-corrected chi connectivity index (χ0v) is 16.3. The molecule has 0 fully saturated rings. The van der Waals surface area contributed by atoms with Gasteiger partial charge in [-0.1, -0.05) is 0 Å². The van der Waals surface area contributed by atoms with Gasteiger partial charge in [0.2, 0.25) is 0 Å². The second-order valence-corrected chi connectivity index (χ2v) is 6.87. The first-order valence-electron chi connectivity index (χ1n) is 8.83. The Morgan fingerprint density at radius 2 is 1.89 bits per heavy atom. The minimum atomic E-state index is -1.11. The largest absolute Gasteiger partial charge is 0.476 e. The fourth-order valence-corrected chi connectivity index (χ4v) is 2.46. The minimum Gasteiger partial charge on any atom is -0.476 e. The SMILES string of the molecule is CCOC(=O)C(C)(C)Oc1ccc(Oc2cc(F)cc(C(C)N)c2)cc1C. The van der Waals surface area contributed by atoms with E-state index in [1.807, 2.05) is 6.92 Å². The first-order valence-corrected chi connectivity index (χ1v) is 8.83. The lowest BCUT2D eigenvalue weighted by Gasteiger charge is -2.25. The standard InChI is InChI=1S/C21H26FNO4/c1-6-25-20(24)21(4,5)27-19-8-7-17(9-13(19)2)26-18-11-15(14(3)23)10-16(22)12-18/h7-12,14H,6,23H2,1-5H3. The lowest BCUT2D eigenvalue weighted by molar-refractivity contribution is -0.158. The van der Waals surface area contributed by atoms with Crippen LogP contribution in [0, 0.1) is 12.7 Å². The molecule has 1 unspecified atom stereocenters. The molecule has 0 aliphatic carbocycles. The molecular weight excluding hydrogens is 349 g/mol. The second-order valence-electron chi connectivity index (χ2n) is 6.87. The van der Waals surface area contributed by atoms with Crippen LogP contribution in [0.1, 0.15) is 44.9 Å². The fraction of sp³-hybridized carbons (Fsp3) is 0.381. The van der Waals surface area contributed by atoms with Gasteiger partial charge in [0.25, 0.3) is 0 Å². The highest BCUT2D eigenvalue weighted by molar-refractivity contribution is 5.79. The van der Waals surface area contributed by atoms with Gasteiger partial charge in [0.15, 0.2) is 5.60 Å². The maximum atomic E-state index is 13.8. The van der Waals surface area contributed by atoms with Crippen molar-refractivity contribution in [1.82, 2.24) is 0 Å². The molecule has 27 heavy (non-hydrogen) atoms. The number of hydrogen-bond acceptors (Lipinski definition) is 5. The van der Waals surface area contributed by atoms with Gasteiger partial charge in [-0.3, -0.25) is 0 Å².